The van der Waals surface area contributed by atoms with Crippen LogP contribution in [0.15, 0.2) is 85.5 Å². The fraction of sp³-hybridized carbons (Fsp3) is 0.250. The maximum atomic E-state index is 3.84. The largest absolute Gasteiger partial charge is 0.103 e. The molecule has 0 heteroatoms. The van der Waals surface area contributed by atoms with E-state index >= 15 is 0 Å². The Kier molecular flexibility index (Phi) is 5.48. The zero-order chi connectivity index (χ0) is 16.7. The molecular formula is C24H26. The molecule has 0 spiro atoms. The highest BCUT2D eigenvalue weighted by Crippen LogP contribution is 2.58. The van der Waals surface area contributed by atoms with Gasteiger partial charge in [0, 0.05) is 5.41 Å². The summed E-state index contributed by atoms with van der Waals surface area (Å²) >= 11 is 0. The van der Waals surface area contributed by atoms with E-state index in [1.54, 1.807) is 0 Å². The molecule has 0 nitrogen and oxygen atoms in total. The average molecular weight is 314 g/mol. The van der Waals surface area contributed by atoms with Gasteiger partial charge in [-0.05, 0) is 42.7 Å². The lowest BCUT2D eigenvalue weighted by atomic mass is 9.97. The van der Waals surface area contributed by atoms with Crippen LogP contribution >= 0.6 is 0 Å². The minimum absolute atomic E-state index is 0.229. The van der Waals surface area contributed by atoms with Crippen molar-refractivity contribution in [3.8, 4) is 0 Å². The second kappa shape index (κ2) is 7.97. The zero-order valence-corrected chi connectivity index (χ0v) is 14.3. The van der Waals surface area contributed by atoms with Gasteiger partial charge < -0.3 is 0 Å². The predicted octanol–water partition coefficient (Wildman–Crippen LogP) is 6.78. The van der Waals surface area contributed by atoms with Gasteiger partial charge in [0.05, 0.1) is 0 Å². The number of allylic oxidation sites excluding steroid dienone is 3. The first-order valence-corrected chi connectivity index (χ1v) is 8.92. The van der Waals surface area contributed by atoms with Gasteiger partial charge in [-0.1, -0.05) is 91.0 Å². The van der Waals surface area contributed by atoms with Crippen molar-refractivity contribution in [1.82, 2.24) is 0 Å². The van der Waals surface area contributed by atoms with Gasteiger partial charge in [0.1, 0.15) is 0 Å². The molecule has 1 saturated carbocycles. The van der Waals surface area contributed by atoms with E-state index in [2.05, 4.69) is 91.5 Å². The fourth-order valence-corrected chi connectivity index (χ4v) is 3.34. The number of rotatable bonds is 8. The van der Waals surface area contributed by atoms with Gasteiger partial charge in [0.15, 0.2) is 0 Å². The minimum Gasteiger partial charge on any atom is -0.103 e. The molecule has 1 fully saturated rings. The molecule has 122 valence electrons. The molecule has 1 aliphatic carbocycles. The van der Waals surface area contributed by atoms with Crippen LogP contribution in [-0.2, 0) is 0 Å². The van der Waals surface area contributed by atoms with Crippen LogP contribution in [0, 0.1) is 11.3 Å². The predicted molar refractivity (Wildman–Crippen MR) is 106 cm³/mol. The molecule has 0 aliphatic heterocycles. The molecule has 0 bridgehead atoms. The molecule has 3 rings (SSSR count). The standard InChI is InChI=1S/C24H26/c1-2-3-6-15-23-20-24(23,18-16-21-11-7-4-8-12-21)19-17-22-13-9-5-10-14-22/h2,4-5,7-14,16-19,23H,1,3,6,15,20H2/b18-16+,19-17+/t23-/m0/s1. The smallest absolute Gasteiger partial charge is 0.00992 e. The summed E-state index contributed by atoms with van der Waals surface area (Å²) in [5, 5.41) is 0. The van der Waals surface area contributed by atoms with Crippen molar-refractivity contribution in [1.29, 1.82) is 0 Å². The number of unbranched alkanes of at least 4 members (excludes halogenated alkanes) is 1. The third kappa shape index (κ3) is 4.35. The van der Waals surface area contributed by atoms with Gasteiger partial charge in [0.25, 0.3) is 0 Å². The summed E-state index contributed by atoms with van der Waals surface area (Å²) in [6.07, 6.45) is 16.3. The first-order chi connectivity index (χ1) is 11.8. The van der Waals surface area contributed by atoms with Crippen LogP contribution in [0.4, 0.5) is 0 Å². The summed E-state index contributed by atoms with van der Waals surface area (Å²) in [5.41, 5.74) is 2.79. The van der Waals surface area contributed by atoms with Crippen molar-refractivity contribution < 1.29 is 0 Å². The maximum absolute atomic E-state index is 3.84. The Morgan fingerprint density at radius 1 is 0.875 bits per heavy atom. The zero-order valence-electron chi connectivity index (χ0n) is 14.3. The monoisotopic (exact) mass is 314 g/mol. The van der Waals surface area contributed by atoms with Crippen molar-refractivity contribution in [2.24, 2.45) is 11.3 Å². The molecule has 0 N–H and O–H groups in total. The molecule has 2 aromatic carbocycles. The minimum atomic E-state index is 0.229. The van der Waals surface area contributed by atoms with E-state index in [4.69, 9.17) is 0 Å². The Bertz CT molecular complexity index is 642. The van der Waals surface area contributed by atoms with Gasteiger partial charge in [-0.15, -0.1) is 6.58 Å². The molecule has 0 amide bonds. The molecule has 2 aromatic rings. The Labute approximate surface area is 146 Å². The Morgan fingerprint density at radius 3 is 1.92 bits per heavy atom. The lowest BCUT2D eigenvalue weighted by Gasteiger charge is -2.08. The normalized spacial score (nSPS) is 18.9. The molecule has 0 aromatic heterocycles. The SMILES string of the molecule is C=CCCC[C@H]1CC1(/C=C/c1ccccc1)/C=C/c1ccccc1. The van der Waals surface area contributed by atoms with Crippen molar-refractivity contribution in [2.75, 3.05) is 0 Å². The van der Waals surface area contributed by atoms with Crippen LogP contribution in [0.3, 0.4) is 0 Å². The van der Waals surface area contributed by atoms with Crippen molar-refractivity contribution in [3.63, 3.8) is 0 Å². The molecule has 24 heavy (non-hydrogen) atoms. The lowest BCUT2D eigenvalue weighted by Crippen LogP contribution is -1.96. The summed E-state index contributed by atoms with van der Waals surface area (Å²) in [6.45, 7) is 3.84. The highest BCUT2D eigenvalue weighted by atomic mass is 14.5. The van der Waals surface area contributed by atoms with Gasteiger partial charge in [0.2, 0.25) is 0 Å². The molecule has 0 saturated heterocycles. The Balaban J connectivity index is 1.74. The highest BCUT2D eigenvalue weighted by Gasteiger charge is 2.48. The average Bonchev–Trinajstić information content (AvgIpc) is 3.34. The Hall–Kier alpha value is -2.34. The van der Waals surface area contributed by atoms with Crippen LogP contribution in [0.2, 0.25) is 0 Å². The van der Waals surface area contributed by atoms with E-state index in [9.17, 15) is 0 Å². The van der Waals surface area contributed by atoms with Crippen LogP contribution in [0.5, 0.6) is 0 Å². The molecule has 1 atom stereocenters. The van der Waals surface area contributed by atoms with Gasteiger partial charge in [-0.3, -0.25) is 0 Å². The molecular weight excluding hydrogens is 288 g/mol. The first-order valence-electron chi connectivity index (χ1n) is 8.92. The summed E-state index contributed by atoms with van der Waals surface area (Å²) in [5.74, 6) is 0.761. The van der Waals surface area contributed by atoms with E-state index in [1.807, 2.05) is 6.08 Å². The molecule has 0 heterocycles. The van der Waals surface area contributed by atoms with Gasteiger partial charge >= 0.3 is 0 Å². The van der Waals surface area contributed by atoms with Crippen LogP contribution in [0.1, 0.15) is 36.8 Å². The van der Waals surface area contributed by atoms with Crippen LogP contribution < -0.4 is 0 Å². The highest BCUT2D eigenvalue weighted by molar-refractivity contribution is 5.56. The summed E-state index contributed by atoms with van der Waals surface area (Å²) < 4.78 is 0. The van der Waals surface area contributed by atoms with Crippen molar-refractivity contribution in [3.05, 3.63) is 96.6 Å². The maximum Gasteiger partial charge on any atom is 0.00992 e. The van der Waals surface area contributed by atoms with Crippen LogP contribution in [-0.4, -0.2) is 0 Å². The summed E-state index contributed by atoms with van der Waals surface area (Å²) in [6, 6.07) is 21.2. The fourth-order valence-electron chi connectivity index (χ4n) is 3.34. The topological polar surface area (TPSA) is 0 Å². The quantitative estimate of drug-likeness (QED) is 0.372. The number of hydrogen-bond acceptors (Lipinski definition) is 0. The molecule has 1 aliphatic rings. The third-order valence-electron chi connectivity index (χ3n) is 4.93. The Morgan fingerprint density at radius 2 is 1.42 bits per heavy atom. The summed E-state index contributed by atoms with van der Waals surface area (Å²) in [4.78, 5) is 0. The second-order valence-corrected chi connectivity index (χ2v) is 6.72. The van der Waals surface area contributed by atoms with E-state index in [0.717, 1.165) is 12.3 Å². The van der Waals surface area contributed by atoms with Crippen molar-refractivity contribution in [2.45, 2.75) is 25.7 Å². The first kappa shape index (κ1) is 16.5. The van der Waals surface area contributed by atoms with E-state index in [1.165, 1.54) is 30.4 Å². The van der Waals surface area contributed by atoms with E-state index < -0.39 is 0 Å². The van der Waals surface area contributed by atoms with Gasteiger partial charge in [-0.2, -0.15) is 0 Å². The van der Waals surface area contributed by atoms with E-state index in [-0.39, 0.29) is 5.41 Å². The van der Waals surface area contributed by atoms with Crippen molar-refractivity contribution >= 4 is 12.2 Å². The lowest BCUT2D eigenvalue weighted by molar-refractivity contribution is 0.606. The van der Waals surface area contributed by atoms with Gasteiger partial charge in [-0.25, -0.2) is 0 Å². The third-order valence-corrected chi connectivity index (χ3v) is 4.93. The summed E-state index contributed by atoms with van der Waals surface area (Å²) in [7, 11) is 0. The van der Waals surface area contributed by atoms with E-state index in [0.29, 0.717) is 0 Å². The molecule has 0 unspecified atom stereocenters. The number of hydrogen-bond donors (Lipinski definition) is 0. The molecule has 0 radical (unpaired) electrons. The number of benzene rings is 2. The second-order valence-electron chi connectivity index (χ2n) is 6.72. The van der Waals surface area contributed by atoms with Crippen LogP contribution in [0.25, 0.3) is 12.2 Å².